The molecule has 1 N–H and O–H groups in total. The summed E-state index contributed by atoms with van der Waals surface area (Å²) in [4.78, 5) is 27.0. The summed E-state index contributed by atoms with van der Waals surface area (Å²) in [5.41, 5.74) is 2.55. The molecule has 0 saturated carbocycles. The molecule has 1 aromatic carbocycles. The van der Waals surface area contributed by atoms with Crippen molar-refractivity contribution < 1.29 is 19.1 Å². The van der Waals surface area contributed by atoms with E-state index < -0.39 is 23.7 Å². The summed E-state index contributed by atoms with van der Waals surface area (Å²) in [5, 5.41) is 2.63. The lowest BCUT2D eigenvalue weighted by molar-refractivity contribution is -0.142. The molecule has 1 atom stereocenters. The van der Waals surface area contributed by atoms with Gasteiger partial charge in [0, 0.05) is 24.4 Å². The quantitative estimate of drug-likeness (QED) is 0.769. The number of esters is 1. The molecule has 0 bridgehead atoms. The van der Waals surface area contributed by atoms with E-state index >= 15 is 0 Å². The Bertz CT molecular complexity index is 890. The second-order valence-corrected chi connectivity index (χ2v) is 8.48. The number of carbonyl (C=O) groups excluding carboxylic acids is 2. The summed E-state index contributed by atoms with van der Waals surface area (Å²) in [6.07, 6.45) is 7.15. The van der Waals surface area contributed by atoms with Crippen LogP contribution in [0, 0.1) is 5.92 Å². The van der Waals surface area contributed by atoms with Crippen molar-refractivity contribution in [1.29, 1.82) is 0 Å². The minimum Gasteiger partial charge on any atom is -0.444 e. The molecule has 0 spiro atoms. The first-order chi connectivity index (χ1) is 13.6. The first-order valence-electron chi connectivity index (χ1n) is 9.81. The number of allylic oxidation sites excluding steroid dienone is 1. The van der Waals surface area contributed by atoms with E-state index in [-0.39, 0.29) is 5.92 Å². The van der Waals surface area contributed by atoms with E-state index in [1.165, 1.54) is 0 Å². The Morgan fingerprint density at radius 2 is 1.90 bits per heavy atom. The van der Waals surface area contributed by atoms with Crippen molar-refractivity contribution in [2.45, 2.75) is 46.3 Å². The Hall–Kier alpha value is -3.02. The third-order valence-corrected chi connectivity index (χ3v) is 4.56. The van der Waals surface area contributed by atoms with Gasteiger partial charge in [0.25, 0.3) is 0 Å². The normalized spacial score (nSPS) is 16.3. The fourth-order valence-corrected chi connectivity index (χ4v) is 3.17. The van der Waals surface area contributed by atoms with Crippen molar-refractivity contribution in [3.05, 3.63) is 59.5 Å². The zero-order valence-corrected chi connectivity index (χ0v) is 17.6. The van der Waals surface area contributed by atoms with Crippen LogP contribution in [0.25, 0.3) is 11.8 Å². The van der Waals surface area contributed by atoms with Gasteiger partial charge in [0.1, 0.15) is 17.4 Å². The Kier molecular flexibility index (Phi) is 5.82. The molecule has 0 radical (unpaired) electrons. The highest BCUT2D eigenvalue weighted by Gasteiger charge is 2.30. The van der Waals surface area contributed by atoms with E-state index in [2.05, 4.69) is 16.3 Å². The van der Waals surface area contributed by atoms with E-state index in [0.29, 0.717) is 12.3 Å². The lowest BCUT2D eigenvalue weighted by Crippen LogP contribution is -2.47. The van der Waals surface area contributed by atoms with Crippen molar-refractivity contribution in [3.8, 4) is 0 Å². The number of alkyl carbamates (subject to hydrolysis) is 1. The molecule has 1 aromatic rings. The standard InChI is InChI=1S/C23H28N2O4/c1-15(2)20(24-22(27)29-23(3,4)5)21(26)28-17-11-13-25-12-10-16-8-6-7-9-18(16)19(25)14-17/h6-12,14-15,20H,13H2,1-5H3,(H,24,27). The molecule has 1 amide bonds. The van der Waals surface area contributed by atoms with E-state index in [1.807, 2.05) is 56.5 Å². The number of rotatable bonds is 4. The molecule has 6 nitrogen and oxygen atoms in total. The summed E-state index contributed by atoms with van der Waals surface area (Å²) in [6, 6.07) is 7.27. The number of fused-ring (bicyclic) bond motifs is 3. The molecule has 0 saturated heterocycles. The third kappa shape index (κ3) is 5.08. The summed E-state index contributed by atoms with van der Waals surface area (Å²) < 4.78 is 10.9. The molecular formula is C23H28N2O4. The van der Waals surface area contributed by atoms with Gasteiger partial charge in [-0.25, -0.2) is 9.59 Å². The summed E-state index contributed by atoms with van der Waals surface area (Å²) in [6.45, 7) is 9.62. The summed E-state index contributed by atoms with van der Waals surface area (Å²) in [5.74, 6) is -0.188. The first-order valence-corrected chi connectivity index (χ1v) is 9.81. The highest BCUT2D eigenvalue weighted by atomic mass is 16.6. The number of benzene rings is 1. The van der Waals surface area contributed by atoms with Gasteiger partial charge in [-0.1, -0.05) is 38.1 Å². The molecule has 6 heteroatoms. The topological polar surface area (TPSA) is 67.9 Å². The van der Waals surface area contributed by atoms with E-state index in [4.69, 9.17) is 9.47 Å². The minimum atomic E-state index is -0.805. The molecule has 0 aromatic heterocycles. The van der Waals surface area contributed by atoms with Gasteiger partial charge in [-0.15, -0.1) is 0 Å². The largest absolute Gasteiger partial charge is 0.444 e. The van der Waals surface area contributed by atoms with E-state index in [0.717, 1.165) is 16.8 Å². The Balaban J connectivity index is 1.73. The van der Waals surface area contributed by atoms with Crippen LogP contribution in [0.4, 0.5) is 4.79 Å². The number of carbonyl (C=O) groups is 2. The lowest BCUT2D eigenvalue weighted by Gasteiger charge is -2.31. The van der Waals surface area contributed by atoms with Crippen LogP contribution in [0.1, 0.15) is 45.7 Å². The van der Waals surface area contributed by atoms with Crippen LogP contribution >= 0.6 is 0 Å². The van der Waals surface area contributed by atoms with Gasteiger partial charge in [0.2, 0.25) is 0 Å². The maximum atomic E-state index is 12.8. The number of hydrogen-bond donors (Lipinski definition) is 1. The number of nitrogens with zero attached hydrogens (tertiary/aromatic N) is 1. The number of nitrogens with one attached hydrogen (secondary N) is 1. The number of amides is 1. The Morgan fingerprint density at radius 3 is 2.59 bits per heavy atom. The van der Waals surface area contributed by atoms with Gasteiger partial charge in [0.05, 0.1) is 5.70 Å². The smallest absolute Gasteiger partial charge is 0.408 e. The molecule has 2 heterocycles. The average Bonchev–Trinajstić information content (AvgIpc) is 2.64. The Morgan fingerprint density at radius 1 is 1.17 bits per heavy atom. The van der Waals surface area contributed by atoms with Gasteiger partial charge < -0.3 is 19.7 Å². The second-order valence-electron chi connectivity index (χ2n) is 8.48. The van der Waals surface area contributed by atoms with Gasteiger partial charge >= 0.3 is 12.1 Å². The number of ether oxygens (including phenoxy) is 2. The molecule has 2 aliphatic heterocycles. The maximum absolute atomic E-state index is 12.8. The van der Waals surface area contributed by atoms with E-state index in [1.54, 1.807) is 20.8 Å². The fourth-order valence-electron chi connectivity index (χ4n) is 3.17. The van der Waals surface area contributed by atoms with Crippen LogP contribution < -0.4 is 5.32 Å². The fraction of sp³-hybridized carbons (Fsp3) is 0.391. The monoisotopic (exact) mass is 396 g/mol. The highest BCUT2D eigenvalue weighted by molar-refractivity contribution is 5.84. The van der Waals surface area contributed by atoms with Crippen LogP contribution in [-0.2, 0) is 14.3 Å². The van der Waals surface area contributed by atoms with Gasteiger partial charge in [-0.3, -0.25) is 0 Å². The average molecular weight is 396 g/mol. The number of hydrogen-bond acceptors (Lipinski definition) is 5. The van der Waals surface area contributed by atoms with Crippen LogP contribution in [0.15, 0.2) is 48.4 Å². The highest BCUT2D eigenvalue weighted by Crippen LogP contribution is 2.32. The molecule has 3 rings (SSSR count). The van der Waals surface area contributed by atoms with Crippen LogP contribution in [-0.4, -0.2) is 35.2 Å². The lowest BCUT2D eigenvalue weighted by atomic mass is 9.98. The van der Waals surface area contributed by atoms with Crippen molar-refractivity contribution in [1.82, 2.24) is 10.2 Å². The molecule has 29 heavy (non-hydrogen) atoms. The zero-order chi connectivity index (χ0) is 21.2. The van der Waals surface area contributed by atoms with Crippen LogP contribution in [0.5, 0.6) is 0 Å². The molecule has 1 unspecified atom stereocenters. The Labute approximate surface area is 171 Å². The SMILES string of the molecule is CC(C)C(NC(=O)OC(C)(C)C)C(=O)OC1=CCN2C=Cc3ccccc3C2=C1. The predicted octanol–water partition coefficient (Wildman–Crippen LogP) is 4.30. The first kappa shape index (κ1) is 20.7. The van der Waals surface area contributed by atoms with Gasteiger partial charge in [-0.05, 0) is 44.4 Å². The molecule has 0 aliphatic carbocycles. The van der Waals surface area contributed by atoms with Crippen molar-refractivity contribution >= 4 is 23.8 Å². The maximum Gasteiger partial charge on any atom is 0.408 e. The zero-order valence-electron chi connectivity index (χ0n) is 17.6. The second kappa shape index (κ2) is 8.15. The van der Waals surface area contributed by atoms with Gasteiger partial charge in [-0.2, -0.15) is 0 Å². The van der Waals surface area contributed by atoms with Crippen LogP contribution in [0.2, 0.25) is 0 Å². The minimum absolute atomic E-state index is 0.151. The molecule has 154 valence electrons. The molecule has 0 fully saturated rings. The van der Waals surface area contributed by atoms with Crippen molar-refractivity contribution in [3.63, 3.8) is 0 Å². The summed E-state index contributed by atoms with van der Waals surface area (Å²) >= 11 is 0. The predicted molar refractivity (Wildman–Crippen MR) is 112 cm³/mol. The molecule has 2 aliphatic rings. The third-order valence-electron chi connectivity index (χ3n) is 4.56. The van der Waals surface area contributed by atoms with Gasteiger partial charge in [0.15, 0.2) is 0 Å². The van der Waals surface area contributed by atoms with Crippen molar-refractivity contribution in [2.75, 3.05) is 6.54 Å². The molecular weight excluding hydrogens is 368 g/mol. The van der Waals surface area contributed by atoms with Crippen LogP contribution in [0.3, 0.4) is 0 Å². The summed E-state index contributed by atoms with van der Waals surface area (Å²) in [7, 11) is 0. The van der Waals surface area contributed by atoms with Crippen molar-refractivity contribution in [2.24, 2.45) is 5.92 Å². The van der Waals surface area contributed by atoms with E-state index in [9.17, 15) is 9.59 Å².